The van der Waals surface area contributed by atoms with E-state index in [2.05, 4.69) is 22.0 Å². The molecule has 0 aliphatic heterocycles. The normalized spacial score (nSPS) is 11.9. The zero-order valence-electron chi connectivity index (χ0n) is 10.1. The van der Waals surface area contributed by atoms with E-state index in [0.29, 0.717) is 24.1 Å². The van der Waals surface area contributed by atoms with Gasteiger partial charge in [0, 0.05) is 18.4 Å². The molecule has 1 aromatic rings. The monoisotopic (exact) mass is 298 g/mol. The zero-order chi connectivity index (χ0) is 12.8. The maximum Gasteiger partial charge on any atom is 0.146 e. The number of nitriles is 1. The summed E-state index contributed by atoms with van der Waals surface area (Å²) >= 11 is 3.30. The molecule has 0 spiro atoms. The van der Waals surface area contributed by atoms with Gasteiger partial charge in [0.15, 0.2) is 0 Å². The Kier molecular flexibility index (Phi) is 5.43. The average molecular weight is 299 g/mol. The maximum atomic E-state index is 13.9. The highest BCUT2D eigenvalue weighted by molar-refractivity contribution is 9.08. The van der Waals surface area contributed by atoms with Crippen LogP contribution in [-0.2, 0) is 5.33 Å². The minimum Gasteiger partial charge on any atom is -0.368 e. The second-order valence-corrected chi connectivity index (χ2v) is 4.55. The van der Waals surface area contributed by atoms with Crippen molar-refractivity contribution in [2.75, 3.05) is 18.0 Å². The minimum atomic E-state index is -0.228. The van der Waals surface area contributed by atoms with Crippen LogP contribution in [0.1, 0.15) is 19.4 Å². The van der Waals surface area contributed by atoms with E-state index in [0.717, 1.165) is 5.56 Å². The number of hydrogen-bond donors (Lipinski definition) is 0. The van der Waals surface area contributed by atoms with E-state index in [1.165, 1.54) is 6.07 Å². The topological polar surface area (TPSA) is 27.0 Å². The first-order valence-corrected chi connectivity index (χ1v) is 6.73. The predicted octanol–water partition coefficient (Wildman–Crippen LogP) is 3.71. The molecule has 1 aromatic carbocycles. The third-order valence-corrected chi connectivity index (χ3v) is 3.25. The van der Waals surface area contributed by atoms with Gasteiger partial charge < -0.3 is 4.90 Å². The Labute approximate surface area is 110 Å². The largest absolute Gasteiger partial charge is 0.368 e. The Bertz CT molecular complexity index is 414. The summed E-state index contributed by atoms with van der Waals surface area (Å²) in [5, 5.41) is 9.44. The fraction of sp³-hybridized carbons (Fsp3) is 0.462. The zero-order valence-corrected chi connectivity index (χ0v) is 11.7. The highest BCUT2D eigenvalue weighted by Gasteiger charge is 2.13. The average Bonchev–Trinajstić information content (AvgIpc) is 2.35. The summed E-state index contributed by atoms with van der Waals surface area (Å²) < 4.78 is 13.9. The first-order chi connectivity index (χ1) is 8.12. The number of benzene rings is 1. The van der Waals surface area contributed by atoms with Crippen molar-refractivity contribution in [3.63, 3.8) is 0 Å². The van der Waals surface area contributed by atoms with Crippen molar-refractivity contribution in [1.82, 2.24) is 0 Å². The van der Waals surface area contributed by atoms with E-state index in [1.54, 1.807) is 6.07 Å². The van der Waals surface area contributed by atoms with Gasteiger partial charge in [-0.15, -0.1) is 0 Å². The van der Waals surface area contributed by atoms with Crippen LogP contribution in [0.15, 0.2) is 18.2 Å². The van der Waals surface area contributed by atoms with Gasteiger partial charge in [-0.1, -0.05) is 22.0 Å². The SMILES string of the molecule is CCN(CC(C)C#N)c1ccc(CBr)cc1F. The van der Waals surface area contributed by atoms with E-state index < -0.39 is 0 Å². The molecule has 2 nitrogen and oxygen atoms in total. The Balaban J connectivity index is 2.93. The van der Waals surface area contributed by atoms with Crippen molar-refractivity contribution in [3.8, 4) is 6.07 Å². The predicted molar refractivity (Wildman–Crippen MR) is 71.7 cm³/mol. The van der Waals surface area contributed by atoms with Crippen molar-refractivity contribution in [3.05, 3.63) is 29.6 Å². The Morgan fingerprint density at radius 2 is 2.24 bits per heavy atom. The van der Waals surface area contributed by atoms with Gasteiger partial charge in [0.25, 0.3) is 0 Å². The van der Waals surface area contributed by atoms with Gasteiger partial charge in [0.1, 0.15) is 5.82 Å². The summed E-state index contributed by atoms with van der Waals surface area (Å²) in [5.74, 6) is -0.334. The molecule has 0 radical (unpaired) electrons. The number of anilines is 1. The Hall–Kier alpha value is -1.08. The molecule has 0 amide bonds. The molecule has 0 heterocycles. The molecule has 0 aliphatic rings. The molecule has 4 heteroatoms. The minimum absolute atomic E-state index is 0.106. The van der Waals surface area contributed by atoms with Gasteiger partial charge in [-0.05, 0) is 31.5 Å². The van der Waals surface area contributed by atoms with Gasteiger partial charge in [-0.2, -0.15) is 5.26 Å². The fourth-order valence-electron chi connectivity index (χ4n) is 1.66. The van der Waals surface area contributed by atoms with E-state index in [1.807, 2.05) is 24.8 Å². The van der Waals surface area contributed by atoms with Gasteiger partial charge in [-0.25, -0.2) is 4.39 Å². The lowest BCUT2D eigenvalue weighted by molar-refractivity contribution is 0.606. The summed E-state index contributed by atoms with van der Waals surface area (Å²) in [6.45, 7) is 5.05. The van der Waals surface area contributed by atoms with Crippen LogP contribution in [0.25, 0.3) is 0 Å². The third-order valence-electron chi connectivity index (χ3n) is 2.60. The highest BCUT2D eigenvalue weighted by atomic mass is 79.9. The summed E-state index contributed by atoms with van der Waals surface area (Å²) in [7, 11) is 0. The molecular formula is C13H16BrFN2. The van der Waals surface area contributed by atoms with Crippen LogP contribution in [-0.4, -0.2) is 13.1 Å². The maximum absolute atomic E-state index is 13.9. The lowest BCUT2D eigenvalue weighted by Crippen LogP contribution is -2.28. The summed E-state index contributed by atoms with van der Waals surface area (Å²) in [6, 6.07) is 7.37. The fourth-order valence-corrected chi connectivity index (χ4v) is 2.01. The quantitative estimate of drug-likeness (QED) is 0.775. The van der Waals surface area contributed by atoms with Gasteiger partial charge in [0.2, 0.25) is 0 Å². The van der Waals surface area contributed by atoms with Crippen LogP contribution in [0.2, 0.25) is 0 Å². The lowest BCUT2D eigenvalue weighted by Gasteiger charge is -2.24. The number of rotatable bonds is 5. The molecule has 17 heavy (non-hydrogen) atoms. The van der Waals surface area contributed by atoms with Crippen LogP contribution in [0, 0.1) is 23.1 Å². The van der Waals surface area contributed by atoms with Gasteiger partial charge >= 0.3 is 0 Å². The molecule has 0 saturated heterocycles. The van der Waals surface area contributed by atoms with Crippen molar-refractivity contribution in [2.24, 2.45) is 5.92 Å². The molecule has 1 atom stereocenters. The first kappa shape index (κ1) is 14.0. The number of halogens is 2. The Morgan fingerprint density at radius 1 is 1.53 bits per heavy atom. The van der Waals surface area contributed by atoms with Gasteiger partial charge in [-0.3, -0.25) is 0 Å². The molecule has 0 saturated carbocycles. The second kappa shape index (κ2) is 6.61. The smallest absolute Gasteiger partial charge is 0.146 e. The summed E-state index contributed by atoms with van der Waals surface area (Å²) in [4.78, 5) is 1.89. The van der Waals surface area contributed by atoms with Crippen molar-refractivity contribution >= 4 is 21.6 Å². The molecule has 1 unspecified atom stereocenters. The standard InChI is InChI=1S/C13H16BrFN2/c1-3-17(9-10(2)8-16)13-5-4-11(7-14)6-12(13)15/h4-6,10H,3,7,9H2,1-2H3. The van der Waals surface area contributed by atoms with Crippen LogP contribution >= 0.6 is 15.9 Å². The molecule has 92 valence electrons. The Morgan fingerprint density at radius 3 is 2.71 bits per heavy atom. The highest BCUT2D eigenvalue weighted by Crippen LogP contribution is 2.22. The summed E-state index contributed by atoms with van der Waals surface area (Å²) in [6.07, 6.45) is 0. The van der Waals surface area contributed by atoms with E-state index in [-0.39, 0.29) is 11.7 Å². The first-order valence-electron chi connectivity index (χ1n) is 5.61. The summed E-state index contributed by atoms with van der Waals surface area (Å²) in [5.41, 5.74) is 1.48. The molecule has 1 rings (SSSR count). The number of hydrogen-bond acceptors (Lipinski definition) is 2. The van der Waals surface area contributed by atoms with Crippen LogP contribution < -0.4 is 4.90 Å². The molecule has 0 aromatic heterocycles. The molecule has 0 fully saturated rings. The van der Waals surface area contributed by atoms with Crippen LogP contribution in [0.3, 0.4) is 0 Å². The van der Waals surface area contributed by atoms with Crippen LogP contribution in [0.5, 0.6) is 0 Å². The van der Waals surface area contributed by atoms with Crippen LogP contribution in [0.4, 0.5) is 10.1 Å². The second-order valence-electron chi connectivity index (χ2n) is 3.99. The van der Waals surface area contributed by atoms with Crippen molar-refractivity contribution < 1.29 is 4.39 Å². The molecule has 0 N–H and O–H groups in total. The molecule has 0 bridgehead atoms. The van der Waals surface area contributed by atoms with Crippen molar-refractivity contribution in [2.45, 2.75) is 19.2 Å². The van der Waals surface area contributed by atoms with E-state index >= 15 is 0 Å². The molecular weight excluding hydrogens is 283 g/mol. The van der Waals surface area contributed by atoms with Gasteiger partial charge in [0.05, 0.1) is 17.7 Å². The number of nitrogens with zero attached hydrogens (tertiary/aromatic N) is 2. The third kappa shape index (κ3) is 3.71. The van der Waals surface area contributed by atoms with E-state index in [9.17, 15) is 4.39 Å². The van der Waals surface area contributed by atoms with E-state index in [4.69, 9.17) is 5.26 Å². The molecule has 0 aliphatic carbocycles. The lowest BCUT2D eigenvalue weighted by atomic mass is 10.1. The number of alkyl halides is 1. The van der Waals surface area contributed by atoms with Crippen molar-refractivity contribution in [1.29, 1.82) is 5.26 Å².